The summed E-state index contributed by atoms with van der Waals surface area (Å²) < 4.78 is 0. The fourth-order valence-corrected chi connectivity index (χ4v) is 2.00. The van der Waals surface area contributed by atoms with Gasteiger partial charge in [-0.1, -0.05) is 26.7 Å². The molecule has 1 atom stereocenters. The zero-order valence-corrected chi connectivity index (χ0v) is 11.9. The van der Waals surface area contributed by atoms with Crippen LogP contribution in [-0.4, -0.2) is 10.8 Å². The zero-order chi connectivity index (χ0) is 15.1. The summed E-state index contributed by atoms with van der Waals surface area (Å²) in [4.78, 5) is 22.4. The largest absolute Gasteiger partial charge is 0.393 e. The van der Waals surface area contributed by atoms with Crippen molar-refractivity contribution in [1.82, 2.24) is 0 Å². The van der Waals surface area contributed by atoms with Crippen LogP contribution in [0.2, 0.25) is 0 Å². The van der Waals surface area contributed by atoms with Crippen LogP contribution < -0.4 is 11.1 Å². The number of nitrogens with zero attached hydrogens (tertiary/aromatic N) is 1. The van der Waals surface area contributed by atoms with E-state index < -0.39 is 4.92 Å². The molecule has 1 amide bonds. The molecule has 0 fully saturated rings. The standard InChI is InChI=1S/C14H21N3O3/c1-3-5-6-10(4-2)14(18)16-11-7-8-12(15)13(9-11)17(19)20/h7-10H,3-6,15H2,1-2H3,(H,16,18). The first-order valence-corrected chi connectivity index (χ1v) is 6.84. The summed E-state index contributed by atoms with van der Waals surface area (Å²) in [5.41, 5.74) is 5.83. The lowest BCUT2D eigenvalue weighted by Gasteiger charge is -2.14. The quantitative estimate of drug-likeness (QED) is 0.454. The van der Waals surface area contributed by atoms with Crippen molar-refractivity contribution in [3.8, 4) is 0 Å². The van der Waals surface area contributed by atoms with Gasteiger partial charge in [0.15, 0.2) is 0 Å². The Hall–Kier alpha value is -2.11. The minimum atomic E-state index is -0.556. The third kappa shape index (κ3) is 4.22. The summed E-state index contributed by atoms with van der Waals surface area (Å²) in [6, 6.07) is 4.30. The number of nitrogens with two attached hydrogens (primary N) is 1. The number of carbonyl (C=O) groups is 1. The van der Waals surface area contributed by atoms with Crippen molar-refractivity contribution in [3.63, 3.8) is 0 Å². The molecule has 0 spiro atoms. The normalized spacial score (nSPS) is 11.9. The second-order valence-electron chi connectivity index (χ2n) is 4.77. The van der Waals surface area contributed by atoms with Gasteiger partial charge >= 0.3 is 0 Å². The van der Waals surface area contributed by atoms with E-state index in [0.29, 0.717) is 5.69 Å². The third-order valence-corrected chi connectivity index (χ3v) is 3.26. The van der Waals surface area contributed by atoms with Gasteiger partial charge in [-0.2, -0.15) is 0 Å². The first kappa shape index (κ1) is 15.9. The van der Waals surface area contributed by atoms with Crippen LogP contribution in [0.1, 0.15) is 39.5 Å². The maximum atomic E-state index is 12.1. The highest BCUT2D eigenvalue weighted by atomic mass is 16.6. The Balaban J connectivity index is 2.79. The molecule has 6 heteroatoms. The molecule has 0 bridgehead atoms. The van der Waals surface area contributed by atoms with E-state index in [1.54, 1.807) is 6.07 Å². The van der Waals surface area contributed by atoms with E-state index in [4.69, 9.17) is 5.73 Å². The monoisotopic (exact) mass is 279 g/mol. The van der Waals surface area contributed by atoms with Crippen LogP contribution >= 0.6 is 0 Å². The Morgan fingerprint density at radius 1 is 1.45 bits per heavy atom. The van der Waals surface area contributed by atoms with Crippen LogP contribution in [0.3, 0.4) is 0 Å². The van der Waals surface area contributed by atoms with Crippen molar-refractivity contribution in [2.75, 3.05) is 11.1 Å². The molecule has 3 N–H and O–H groups in total. The highest BCUT2D eigenvalue weighted by molar-refractivity contribution is 5.93. The summed E-state index contributed by atoms with van der Waals surface area (Å²) in [5.74, 6) is -0.161. The second-order valence-corrected chi connectivity index (χ2v) is 4.77. The van der Waals surface area contributed by atoms with E-state index in [2.05, 4.69) is 12.2 Å². The van der Waals surface area contributed by atoms with Crippen molar-refractivity contribution in [3.05, 3.63) is 28.3 Å². The molecule has 0 saturated carbocycles. The summed E-state index contributed by atoms with van der Waals surface area (Å²) in [6.07, 6.45) is 3.61. The number of carbonyl (C=O) groups excluding carboxylic acids is 1. The van der Waals surface area contributed by atoms with Crippen LogP contribution in [0.5, 0.6) is 0 Å². The average Bonchev–Trinajstić information content (AvgIpc) is 2.41. The predicted molar refractivity (Wildman–Crippen MR) is 79.4 cm³/mol. The molecule has 0 aliphatic rings. The first-order chi connectivity index (χ1) is 9.49. The van der Waals surface area contributed by atoms with Crippen LogP contribution in [0.25, 0.3) is 0 Å². The van der Waals surface area contributed by atoms with Gasteiger partial charge in [0, 0.05) is 17.7 Å². The van der Waals surface area contributed by atoms with Crippen LogP contribution in [0.4, 0.5) is 17.1 Å². The lowest BCUT2D eigenvalue weighted by Crippen LogP contribution is -2.22. The lowest BCUT2D eigenvalue weighted by atomic mass is 9.98. The van der Waals surface area contributed by atoms with E-state index in [-0.39, 0.29) is 23.2 Å². The van der Waals surface area contributed by atoms with Gasteiger partial charge in [-0.25, -0.2) is 0 Å². The minimum absolute atomic E-state index is 0.0634. The smallest absolute Gasteiger partial charge is 0.294 e. The van der Waals surface area contributed by atoms with Gasteiger partial charge in [0.2, 0.25) is 5.91 Å². The van der Waals surface area contributed by atoms with Gasteiger partial charge in [0.25, 0.3) is 5.69 Å². The molecule has 0 aromatic heterocycles. The number of nitrogen functional groups attached to an aromatic ring is 1. The number of anilines is 2. The predicted octanol–water partition coefficient (Wildman–Crippen LogP) is 3.33. The second kappa shape index (κ2) is 7.47. The highest BCUT2D eigenvalue weighted by Gasteiger charge is 2.18. The number of hydrogen-bond donors (Lipinski definition) is 2. The Morgan fingerprint density at radius 3 is 2.70 bits per heavy atom. The lowest BCUT2D eigenvalue weighted by molar-refractivity contribution is -0.383. The number of nitro benzene ring substituents is 1. The van der Waals surface area contributed by atoms with E-state index in [9.17, 15) is 14.9 Å². The third-order valence-electron chi connectivity index (χ3n) is 3.26. The molecule has 0 saturated heterocycles. The van der Waals surface area contributed by atoms with E-state index in [0.717, 1.165) is 25.7 Å². The van der Waals surface area contributed by atoms with Crippen molar-refractivity contribution < 1.29 is 9.72 Å². The Kier molecular flexibility index (Phi) is 5.96. The van der Waals surface area contributed by atoms with Gasteiger partial charge in [-0.3, -0.25) is 14.9 Å². The molecule has 0 radical (unpaired) electrons. The molecule has 0 aliphatic heterocycles. The maximum Gasteiger partial charge on any atom is 0.294 e. The van der Waals surface area contributed by atoms with Gasteiger partial charge in [-0.05, 0) is 25.0 Å². The average molecular weight is 279 g/mol. The molecular formula is C14H21N3O3. The number of unbranched alkanes of at least 4 members (excludes halogenated alkanes) is 1. The molecule has 0 aliphatic carbocycles. The Labute approximate surface area is 118 Å². The molecule has 110 valence electrons. The Morgan fingerprint density at radius 2 is 2.15 bits per heavy atom. The molecule has 1 unspecified atom stereocenters. The van der Waals surface area contributed by atoms with Gasteiger partial charge in [0.05, 0.1) is 4.92 Å². The number of rotatable bonds is 7. The summed E-state index contributed by atoms with van der Waals surface area (Å²) in [6.45, 7) is 4.04. The zero-order valence-electron chi connectivity index (χ0n) is 11.9. The summed E-state index contributed by atoms with van der Waals surface area (Å²) in [7, 11) is 0. The molecule has 1 aromatic carbocycles. The fourth-order valence-electron chi connectivity index (χ4n) is 2.00. The minimum Gasteiger partial charge on any atom is -0.393 e. The van der Waals surface area contributed by atoms with Gasteiger partial charge < -0.3 is 11.1 Å². The topological polar surface area (TPSA) is 98.3 Å². The van der Waals surface area contributed by atoms with Crippen LogP contribution in [0.15, 0.2) is 18.2 Å². The maximum absolute atomic E-state index is 12.1. The van der Waals surface area contributed by atoms with Crippen molar-refractivity contribution >= 4 is 23.0 Å². The highest BCUT2D eigenvalue weighted by Crippen LogP contribution is 2.25. The van der Waals surface area contributed by atoms with Gasteiger partial charge in [-0.15, -0.1) is 0 Å². The number of nitrogens with one attached hydrogen (secondary N) is 1. The number of nitro groups is 1. The van der Waals surface area contributed by atoms with Crippen LogP contribution in [-0.2, 0) is 4.79 Å². The van der Waals surface area contributed by atoms with Crippen molar-refractivity contribution in [2.24, 2.45) is 5.92 Å². The molecule has 20 heavy (non-hydrogen) atoms. The molecule has 6 nitrogen and oxygen atoms in total. The first-order valence-electron chi connectivity index (χ1n) is 6.84. The molecule has 0 heterocycles. The molecular weight excluding hydrogens is 258 g/mol. The van der Waals surface area contributed by atoms with E-state index in [1.165, 1.54) is 12.1 Å². The van der Waals surface area contributed by atoms with Gasteiger partial charge in [0.1, 0.15) is 5.69 Å². The molecule has 1 aromatic rings. The van der Waals surface area contributed by atoms with Crippen LogP contribution in [0, 0.1) is 16.0 Å². The number of amides is 1. The number of hydrogen-bond acceptors (Lipinski definition) is 4. The SMILES string of the molecule is CCCCC(CC)C(=O)Nc1ccc(N)c([N+](=O)[O-])c1. The van der Waals surface area contributed by atoms with E-state index >= 15 is 0 Å². The summed E-state index contributed by atoms with van der Waals surface area (Å²) >= 11 is 0. The molecule has 1 rings (SSSR count). The van der Waals surface area contributed by atoms with E-state index in [1.807, 2.05) is 6.92 Å². The Bertz CT molecular complexity index is 489. The summed E-state index contributed by atoms with van der Waals surface area (Å²) in [5, 5.41) is 13.5. The van der Waals surface area contributed by atoms with Crippen molar-refractivity contribution in [1.29, 1.82) is 0 Å². The van der Waals surface area contributed by atoms with Crippen molar-refractivity contribution in [2.45, 2.75) is 39.5 Å². The number of benzene rings is 1. The fraction of sp³-hybridized carbons (Fsp3) is 0.500.